The largest absolute Gasteiger partial charge is 0.457 e. The summed E-state index contributed by atoms with van der Waals surface area (Å²) in [5.74, 6) is 0. The van der Waals surface area contributed by atoms with Gasteiger partial charge in [0.05, 0.1) is 12.3 Å². The molecular weight excluding hydrogens is 280 g/mol. The average Bonchev–Trinajstić information content (AvgIpc) is 2.74. The lowest BCUT2D eigenvalue weighted by atomic mass is 9.99. The Balaban J connectivity index is 2.43. The van der Waals surface area contributed by atoms with E-state index in [0.717, 1.165) is 16.8 Å². The van der Waals surface area contributed by atoms with Crippen LogP contribution in [0.3, 0.4) is 0 Å². The van der Waals surface area contributed by atoms with Gasteiger partial charge in [-0.15, -0.1) is 0 Å². The summed E-state index contributed by atoms with van der Waals surface area (Å²) in [7, 11) is 0. The quantitative estimate of drug-likeness (QED) is 0.939. The monoisotopic (exact) mass is 294 g/mol. The summed E-state index contributed by atoms with van der Waals surface area (Å²) in [6, 6.07) is 4.11. The number of halogens is 1. The number of aryl methyl sites for hydroxylation is 1. The van der Waals surface area contributed by atoms with Gasteiger partial charge in [0.1, 0.15) is 0 Å². The highest BCUT2D eigenvalue weighted by atomic mass is 79.9. The highest BCUT2D eigenvalue weighted by Crippen LogP contribution is 2.30. The molecule has 2 rings (SSSR count). The van der Waals surface area contributed by atoms with Gasteiger partial charge in [0.2, 0.25) is 0 Å². The summed E-state index contributed by atoms with van der Waals surface area (Å²) in [6.45, 7) is 5.07. The molecule has 0 aliphatic heterocycles. The Kier molecular flexibility index (Phi) is 3.97. The Morgan fingerprint density at radius 3 is 2.82 bits per heavy atom. The van der Waals surface area contributed by atoms with Crippen molar-refractivity contribution in [2.75, 3.05) is 6.54 Å². The molecule has 2 aromatic heterocycles. The molecule has 0 aliphatic rings. The molecule has 0 radical (unpaired) electrons. The van der Waals surface area contributed by atoms with Crippen LogP contribution in [0.15, 0.2) is 39.9 Å². The van der Waals surface area contributed by atoms with Gasteiger partial charge in [-0.25, -0.2) is 0 Å². The third kappa shape index (κ3) is 2.58. The van der Waals surface area contributed by atoms with Crippen LogP contribution in [0, 0.1) is 6.92 Å². The minimum Gasteiger partial charge on any atom is -0.457 e. The molecule has 1 unspecified atom stereocenters. The Bertz CT molecular complexity index is 496. The molecule has 0 saturated heterocycles. The molecular formula is C13H15BrN2O. The van der Waals surface area contributed by atoms with E-state index in [-0.39, 0.29) is 6.04 Å². The SMILES string of the molecule is CCNC(c1cnccc1C)c1ccoc1Br. The molecule has 0 amide bonds. The van der Waals surface area contributed by atoms with Crippen molar-refractivity contribution in [2.45, 2.75) is 19.9 Å². The Morgan fingerprint density at radius 1 is 1.41 bits per heavy atom. The van der Waals surface area contributed by atoms with Gasteiger partial charge in [-0.2, -0.15) is 0 Å². The van der Waals surface area contributed by atoms with Crippen LogP contribution in [-0.2, 0) is 0 Å². The summed E-state index contributed by atoms with van der Waals surface area (Å²) in [6.07, 6.45) is 5.41. The van der Waals surface area contributed by atoms with Crippen LogP contribution in [-0.4, -0.2) is 11.5 Å². The Hall–Kier alpha value is -1.13. The van der Waals surface area contributed by atoms with Crippen molar-refractivity contribution in [3.63, 3.8) is 0 Å². The smallest absolute Gasteiger partial charge is 0.174 e. The molecule has 0 bridgehead atoms. The van der Waals surface area contributed by atoms with E-state index in [9.17, 15) is 0 Å². The van der Waals surface area contributed by atoms with E-state index in [2.05, 4.69) is 40.1 Å². The maximum atomic E-state index is 5.31. The summed E-state index contributed by atoms with van der Waals surface area (Å²) in [5, 5.41) is 3.45. The number of furan rings is 1. The second-order valence-electron chi connectivity index (χ2n) is 3.87. The molecule has 0 aliphatic carbocycles. The molecule has 4 heteroatoms. The molecule has 0 fully saturated rings. The summed E-state index contributed by atoms with van der Waals surface area (Å²) >= 11 is 3.43. The van der Waals surface area contributed by atoms with Crippen molar-refractivity contribution >= 4 is 15.9 Å². The minimum absolute atomic E-state index is 0.113. The molecule has 0 spiro atoms. The van der Waals surface area contributed by atoms with Crippen LogP contribution in [0.4, 0.5) is 0 Å². The fourth-order valence-electron chi connectivity index (χ4n) is 1.88. The lowest BCUT2D eigenvalue weighted by molar-refractivity contribution is 0.526. The Morgan fingerprint density at radius 2 is 2.24 bits per heavy atom. The maximum absolute atomic E-state index is 5.31. The lowest BCUT2D eigenvalue weighted by Gasteiger charge is -2.19. The van der Waals surface area contributed by atoms with E-state index in [1.54, 1.807) is 6.26 Å². The van der Waals surface area contributed by atoms with E-state index in [1.807, 2.05) is 24.5 Å². The third-order valence-electron chi connectivity index (χ3n) is 2.76. The van der Waals surface area contributed by atoms with Crippen molar-refractivity contribution in [3.8, 4) is 0 Å². The van der Waals surface area contributed by atoms with Crippen molar-refractivity contribution in [2.24, 2.45) is 0 Å². The summed E-state index contributed by atoms with van der Waals surface area (Å²) in [4.78, 5) is 4.20. The second-order valence-corrected chi connectivity index (χ2v) is 4.59. The van der Waals surface area contributed by atoms with E-state index >= 15 is 0 Å². The van der Waals surface area contributed by atoms with Crippen molar-refractivity contribution in [1.82, 2.24) is 10.3 Å². The highest BCUT2D eigenvalue weighted by molar-refractivity contribution is 9.10. The zero-order valence-corrected chi connectivity index (χ0v) is 11.5. The first-order valence-corrected chi connectivity index (χ1v) is 6.40. The standard InChI is InChI=1S/C13H15BrN2O/c1-3-16-12(10-5-7-17-13(10)14)11-8-15-6-4-9(11)2/h4-8,12,16H,3H2,1-2H3. The van der Waals surface area contributed by atoms with Crippen LogP contribution in [0.5, 0.6) is 0 Å². The first-order chi connectivity index (χ1) is 8.24. The highest BCUT2D eigenvalue weighted by Gasteiger charge is 2.19. The third-order valence-corrected chi connectivity index (χ3v) is 3.40. The summed E-state index contributed by atoms with van der Waals surface area (Å²) in [5.41, 5.74) is 3.50. The van der Waals surface area contributed by atoms with Crippen LogP contribution in [0.1, 0.15) is 29.7 Å². The predicted octanol–water partition coefficient (Wildman–Crippen LogP) is 3.44. The zero-order valence-electron chi connectivity index (χ0n) is 9.90. The molecule has 90 valence electrons. The molecule has 2 heterocycles. The fourth-order valence-corrected chi connectivity index (χ4v) is 2.35. The molecule has 1 N–H and O–H groups in total. The van der Waals surface area contributed by atoms with E-state index in [1.165, 1.54) is 11.1 Å². The number of rotatable bonds is 4. The van der Waals surface area contributed by atoms with Crippen LogP contribution >= 0.6 is 15.9 Å². The molecule has 2 aromatic rings. The van der Waals surface area contributed by atoms with E-state index in [4.69, 9.17) is 4.42 Å². The number of hydrogen-bond acceptors (Lipinski definition) is 3. The minimum atomic E-state index is 0.113. The zero-order chi connectivity index (χ0) is 12.3. The van der Waals surface area contributed by atoms with Gasteiger partial charge in [-0.1, -0.05) is 6.92 Å². The normalized spacial score (nSPS) is 12.6. The molecule has 0 aromatic carbocycles. The second kappa shape index (κ2) is 5.47. The van der Waals surface area contributed by atoms with Crippen LogP contribution in [0.2, 0.25) is 0 Å². The summed E-state index contributed by atoms with van der Waals surface area (Å²) < 4.78 is 6.08. The first kappa shape index (κ1) is 12.3. The van der Waals surface area contributed by atoms with E-state index < -0.39 is 0 Å². The number of pyridine rings is 1. The van der Waals surface area contributed by atoms with Crippen molar-refractivity contribution in [1.29, 1.82) is 0 Å². The van der Waals surface area contributed by atoms with Crippen LogP contribution in [0.25, 0.3) is 0 Å². The van der Waals surface area contributed by atoms with Gasteiger partial charge >= 0.3 is 0 Å². The van der Waals surface area contributed by atoms with Gasteiger partial charge in [0, 0.05) is 18.0 Å². The van der Waals surface area contributed by atoms with Gasteiger partial charge in [-0.3, -0.25) is 4.98 Å². The van der Waals surface area contributed by atoms with Gasteiger partial charge < -0.3 is 9.73 Å². The topological polar surface area (TPSA) is 38.1 Å². The molecule has 17 heavy (non-hydrogen) atoms. The first-order valence-electron chi connectivity index (χ1n) is 5.60. The average molecular weight is 295 g/mol. The predicted molar refractivity (Wildman–Crippen MR) is 70.9 cm³/mol. The fraction of sp³-hybridized carbons (Fsp3) is 0.308. The van der Waals surface area contributed by atoms with Gasteiger partial charge in [0.15, 0.2) is 4.67 Å². The van der Waals surface area contributed by atoms with Gasteiger partial charge in [-0.05, 0) is 52.7 Å². The van der Waals surface area contributed by atoms with Gasteiger partial charge in [0.25, 0.3) is 0 Å². The number of aromatic nitrogens is 1. The molecule has 0 saturated carbocycles. The maximum Gasteiger partial charge on any atom is 0.174 e. The van der Waals surface area contributed by atoms with Crippen molar-refractivity contribution in [3.05, 3.63) is 52.1 Å². The Labute approximate surface area is 109 Å². The van der Waals surface area contributed by atoms with Crippen molar-refractivity contribution < 1.29 is 4.42 Å². The van der Waals surface area contributed by atoms with Crippen LogP contribution < -0.4 is 5.32 Å². The molecule has 3 nitrogen and oxygen atoms in total. The lowest BCUT2D eigenvalue weighted by Crippen LogP contribution is -2.22. The number of nitrogens with zero attached hydrogens (tertiary/aromatic N) is 1. The number of nitrogens with one attached hydrogen (secondary N) is 1. The molecule has 1 atom stereocenters. The number of hydrogen-bond donors (Lipinski definition) is 1. The van der Waals surface area contributed by atoms with E-state index in [0.29, 0.717) is 0 Å².